The highest BCUT2D eigenvalue weighted by Crippen LogP contribution is 2.31. The molecule has 0 unspecified atom stereocenters. The first-order valence-corrected chi connectivity index (χ1v) is 8.55. The van der Waals surface area contributed by atoms with E-state index in [0.29, 0.717) is 11.8 Å². The van der Waals surface area contributed by atoms with Crippen LogP contribution in [0.2, 0.25) is 0 Å². The van der Waals surface area contributed by atoms with Crippen LogP contribution in [0.4, 0.5) is 11.5 Å². The summed E-state index contributed by atoms with van der Waals surface area (Å²) in [7, 11) is 0. The zero-order valence-electron chi connectivity index (χ0n) is 14.2. The number of piperidine rings is 1. The number of fused-ring (bicyclic) bond motifs is 1. The minimum Gasteiger partial charge on any atom is -0.399 e. The van der Waals surface area contributed by atoms with E-state index in [0.717, 1.165) is 46.8 Å². The lowest BCUT2D eigenvalue weighted by Gasteiger charge is -2.35. The van der Waals surface area contributed by atoms with Crippen LogP contribution in [0.3, 0.4) is 0 Å². The van der Waals surface area contributed by atoms with Gasteiger partial charge < -0.3 is 10.6 Å². The number of anilines is 2. The van der Waals surface area contributed by atoms with Gasteiger partial charge in [-0.2, -0.15) is 5.10 Å². The maximum atomic E-state index is 5.95. The second-order valence-corrected chi connectivity index (χ2v) is 7.13. The second-order valence-electron chi connectivity index (χ2n) is 7.13. The van der Waals surface area contributed by atoms with Crippen LogP contribution >= 0.6 is 0 Å². The quantitative estimate of drug-likeness (QED) is 0.706. The molecule has 3 aromatic rings. The van der Waals surface area contributed by atoms with E-state index >= 15 is 0 Å². The van der Waals surface area contributed by atoms with Crippen LogP contribution in [-0.2, 0) is 0 Å². The Morgan fingerprint density at radius 3 is 2.71 bits per heavy atom. The van der Waals surface area contributed by atoms with Crippen LogP contribution in [0.5, 0.6) is 0 Å². The van der Waals surface area contributed by atoms with E-state index in [2.05, 4.69) is 40.0 Å². The predicted molar refractivity (Wildman–Crippen MR) is 98.9 cm³/mol. The van der Waals surface area contributed by atoms with Crippen molar-refractivity contribution in [3.63, 3.8) is 0 Å². The van der Waals surface area contributed by atoms with Gasteiger partial charge in [0.1, 0.15) is 11.5 Å². The molecule has 1 aromatic carbocycles. The summed E-state index contributed by atoms with van der Waals surface area (Å²) in [6.45, 7) is 6.76. The van der Waals surface area contributed by atoms with Gasteiger partial charge in [-0.1, -0.05) is 13.8 Å². The maximum absolute atomic E-state index is 5.95. The van der Waals surface area contributed by atoms with Gasteiger partial charge in [-0.15, -0.1) is 0 Å². The van der Waals surface area contributed by atoms with Crippen LogP contribution in [-0.4, -0.2) is 28.3 Å². The van der Waals surface area contributed by atoms with Gasteiger partial charge in [0.05, 0.1) is 5.52 Å². The maximum Gasteiger partial charge on any atom is 0.129 e. The molecule has 5 nitrogen and oxygen atoms in total. The van der Waals surface area contributed by atoms with Crippen LogP contribution in [0.1, 0.15) is 20.3 Å². The number of pyridine rings is 1. The summed E-state index contributed by atoms with van der Waals surface area (Å²) in [6, 6.07) is 9.98. The molecule has 1 aliphatic rings. The second kappa shape index (κ2) is 5.82. The first-order valence-electron chi connectivity index (χ1n) is 8.55. The van der Waals surface area contributed by atoms with Crippen molar-refractivity contribution in [2.24, 2.45) is 11.8 Å². The van der Waals surface area contributed by atoms with Crippen LogP contribution < -0.4 is 10.6 Å². The molecule has 1 fully saturated rings. The van der Waals surface area contributed by atoms with Gasteiger partial charge in [0.25, 0.3) is 0 Å². The normalized spacial score (nSPS) is 21.3. The van der Waals surface area contributed by atoms with Crippen molar-refractivity contribution in [2.45, 2.75) is 20.3 Å². The third-order valence-corrected chi connectivity index (χ3v) is 4.80. The van der Waals surface area contributed by atoms with Gasteiger partial charge in [-0.05, 0) is 48.6 Å². The van der Waals surface area contributed by atoms with E-state index in [1.165, 1.54) is 6.42 Å². The van der Waals surface area contributed by atoms with Gasteiger partial charge in [0, 0.05) is 35.9 Å². The number of nitrogen functional groups attached to an aromatic ring is 1. The number of nitrogens with two attached hydrogens (primary N) is 1. The zero-order chi connectivity index (χ0) is 16.7. The van der Waals surface area contributed by atoms with Crippen LogP contribution in [0, 0.1) is 11.8 Å². The topological polar surface area (TPSA) is 70.8 Å². The van der Waals surface area contributed by atoms with E-state index in [1.807, 2.05) is 30.5 Å². The lowest BCUT2D eigenvalue weighted by atomic mass is 9.92. The number of aromatic amines is 1. The Labute approximate surface area is 141 Å². The van der Waals surface area contributed by atoms with E-state index in [4.69, 9.17) is 5.73 Å². The van der Waals surface area contributed by atoms with Crippen molar-refractivity contribution in [3.8, 4) is 11.3 Å². The largest absolute Gasteiger partial charge is 0.399 e. The summed E-state index contributed by atoms with van der Waals surface area (Å²) in [5, 5.41) is 8.63. The number of hydrogen-bond donors (Lipinski definition) is 2. The molecule has 0 aliphatic carbocycles. The van der Waals surface area contributed by atoms with E-state index in [9.17, 15) is 0 Å². The molecule has 3 N–H and O–H groups in total. The molecule has 2 aromatic heterocycles. The van der Waals surface area contributed by atoms with E-state index in [1.54, 1.807) is 0 Å². The fourth-order valence-electron chi connectivity index (χ4n) is 3.84. The average Bonchev–Trinajstić information content (AvgIpc) is 2.97. The Bertz CT molecular complexity index is 859. The predicted octanol–water partition coefficient (Wildman–Crippen LogP) is 3.69. The summed E-state index contributed by atoms with van der Waals surface area (Å²) in [5.74, 6) is 2.43. The summed E-state index contributed by atoms with van der Waals surface area (Å²) < 4.78 is 0. The molecule has 1 aliphatic heterocycles. The van der Waals surface area contributed by atoms with Gasteiger partial charge in [-0.3, -0.25) is 5.10 Å². The minimum atomic E-state index is 0.699. The fourth-order valence-corrected chi connectivity index (χ4v) is 3.84. The number of nitrogens with zero attached hydrogens (tertiary/aromatic N) is 3. The molecule has 4 rings (SSSR count). The van der Waals surface area contributed by atoms with Gasteiger partial charge >= 0.3 is 0 Å². The SMILES string of the molecule is C[C@@H]1C[C@H](C)CN(c2cc(-c3n[nH]c4ccc(N)cc34)ccn2)C1. The lowest BCUT2D eigenvalue weighted by molar-refractivity contribution is 0.355. The zero-order valence-corrected chi connectivity index (χ0v) is 14.2. The standard InChI is InChI=1S/C19H23N5/c1-12-7-13(2)11-24(10-12)18-8-14(5-6-21-18)19-16-9-15(20)3-4-17(16)22-23-19/h3-6,8-9,12-13H,7,10-11,20H2,1-2H3,(H,22,23)/t12-,13+. The molecule has 0 bridgehead atoms. The Balaban J connectivity index is 1.73. The Hall–Kier alpha value is -2.56. The van der Waals surface area contributed by atoms with Crippen molar-refractivity contribution < 1.29 is 0 Å². The lowest BCUT2D eigenvalue weighted by Crippen LogP contribution is -2.39. The molecule has 2 atom stereocenters. The molecule has 0 radical (unpaired) electrons. The monoisotopic (exact) mass is 321 g/mol. The van der Waals surface area contributed by atoms with E-state index in [-0.39, 0.29) is 0 Å². The molecule has 124 valence electrons. The first-order chi connectivity index (χ1) is 11.6. The molecule has 5 heteroatoms. The first kappa shape index (κ1) is 15.0. The van der Waals surface area contributed by atoms with Crippen molar-refractivity contribution in [3.05, 3.63) is 36.5 Å². The fraction of sp³-hybridized carbons (Fsp3) is 0.368. The van der Waals surface area contributed by atoms with Crippen molar-refractivity contribution in [1.82, 2.24) is 15.2 Å². The highest BCUT2D eigenvalue weighted by molar-refractivity contribution is 5.94. The van der Waals surface area contributed by atoms with E-state index < -0.39 is 0 Å². The molecule has 0 amide bonds. The van der Waals surface area contributed by atoms with Crippen molar-refractivity contribution in [1.29, 1.82) is 0 Å². The smallest absolute Gasteiger partial charge is 0.129 e. The summed E-state index contributed by atoms with van der Waals surface area (Å²) in [4.78, 5) is 7.00. The molecule has 3 heterocycles. The minimum absolute atomic E-state index is 0.699. The number of benzene rings is 1. The van der Waals surface area contributed by atoms with Crippen molar-refractivity contribution >= 4 is 22.4 Å². The van der Waals surface area contributed by atoms with Crippen LogP contribution in [0.25, 0.3) is 22.2 Å². The number of nitrogens with one attached hydrogen (secondary N) is 1. The summed E-state index contributed by atoms with van der Waals surface area (Å²) in [6.07, 6.45) is 3.17. The Morgan fingerprint density at radius 2 is 1.92 bits per heavy atom. The van der Waals surface area contributed by atoms with Gasteiger partial charge in [0.2, 0.25) is 0 Å². The van der Waals surface area contributed by atoms with Crippen LogP contribution in [0.15, 0.2) is 36.5 Å². The number of aromatic nitrogens is 3. The molecule has 1 saturated heterocycles. The molecular weight excluding hydrogens is 298 g/mol. The average molecular weight is 321 g/mol. The Morgan fingerprint density at radius 1 is 1.12 bits per heavy atom. The number of rotatable bonds is 2. The molecule has 0 spiro atoms. The summed E-state index contributed by atoms with van der Waals surface area (Å²) >= 11 is 0. The molecule has 0 saturated carbocycles. The highest BCUT2D eigenvalue weighted by atomic mass is 15.2. The molecular formula is C19H23N5. The van der Waals surface area contributed by atoms with Crippen molar-refractivity contribution in [2.75, 3.05) is 23.7 Å². The third-order valence-electron chi connectivity index (χ3n) is 4.80. The molecule has 24 heavy (non-hydrogen) atoms. The number of hydrogen-bond acceptors (Lipinski definition) is 4. The Kier molecular flexibility index (Phi) is 3.63. The summed E-state index contributed by atoms with van der Waals surface area (Å²) in [5.41, 5.74) is 9.69. The van der Waals surface area contributed by atoms with Gasteiger partial charge in [0.15, 0.2) is 0 Å². The third kappa shape index (κ3) is 2.70. The van der Waals surface area contributed by atoms with Gasteiger partial charge in [-0.25, -0.2) is 4.98 Å². The highest BCUT2D eigenvalue weighted by Gasteiger charge is 2.23. The number of H-pyrrole nitrogens is 1.